The Balaban J connectivity index is 2.50. The van der Waals surface area contributed by atoms with Crippen molar-refractivity contribution in [1.29, 1.82) is 0 Å². The van der Waals surface area contributed by atoms with Crippen LogP contribution in [0.2, 0.25) is 0 Å². The Morgan fingerprint density at radius 3 is 2.86 bits per heavy atom. The lowest BCUT2D eigenvalue weighted by atomic mass is 10.9. The highest BCUT2D eigenvalue weighted by Gasteiger charge is 1.91. The Bertz CT molecular complexity index is 118. The lowest BCUT2D eigenvalue weighted by Gasteiger charge is -1.99. The number of ether oxygens (including phenoxy) is 1. The maximum absolute atomic E-state index is 5.03. The van der Waals surface area contributed by atoms with Crippen LogP contribution in [-0.4, -0.2) is 6.40 Å². The zero-order valence-corrected chi connectivity index (χ0v) is 3.50. The van der Waals surface area contributed by atoms with E-state index in [1.165, 1.54) is 6.26 Å². The Hall–Kier alpha value is -1.19. The topological polar surface area (TPSA) is 56.8 Å². The van der Waals surface area contributed by atoms with Gasteiger partial charge in [0.05, 0.1) is 0 Å². The molecule has 1 heterocycles. The minimum atomic E-state index is 0.169. The van der Waals surface area contributed by atoms with E-state index < -0.39 is 0 Å². The molecule has 0 amide bonds. The molecular formula is C3H4N2O2. The first kappa shape index (κ1) is 3.98. The summed E-state index contributed by atoms with van der Waals surface area (Å²) >= 11 is 0. The first-order chi connectivity index (χ1) is 3.39. The van der Waals surface area contributed by atoms with E-state index in [1.807, 2.05) is 0 Å². The van der Waals surface area contributed by atoms with E-state index >= 15 is 0 Å². The molecule has 4 nitrogen and oxygen atoms in total. The van der Waals surface area contributed by atoms with Gasteiger partial charge in [0.25, 0.3) is 5.88 Å². The van der Waals surface area contributed by atoms with Crippen molar-refractivity contribution in [2.24, 2.45) is 10.9 Å². The van der Waals surface area contributed by atoms with Gasteiger partial charge in [0.2, 0.25) is 6.40 Å². The number of rotatable bonds is 0. The first-order valence-electron chi connectivity index (χ1n) is 1.69. The summed E-state index contributed by atoms with van der Waals surface area (Å²) in [6, 6.07) is 0. The van der Waals surface area contributed by atoms with Gasteiger partial charge in [-0.3, -0.25) is 0 Å². The number of nitrogens with zero attached hydrogens (tertiary/aromatic N) is 1. The molecule has 0 saturated carbocycles. The van der Waals surface area contributed by atoms with E-state index in [0.29, 0.717) is 0 Å². The second-order valence-electron chi connectivity index (χ2n) is 0.958. The molecule has 0 aromatic rings. The highest BCUT2D eigenvalue weighted by molar-refractivity contribution is 5.47. The third-order valence-corrected chi connectivity index (χ3v) is 0.446. The van der Waals surface area contributed by atoms with Gasteiger partial charge in [-0.1, -0.05) is 0 Å². The SMILES string of the molecule is NC1=COC=NO1. The van der Waals surface area contributed by atoms with Crippen molar-refractivity contribution >= 4 is 6.40 Å². The van der Waals surface area contributed by atoms with Crippen LogP contribution in [0.25, 0.3) is 0 Å². The lowest BCUT2D eigenvalue weighted by Crippen LogP contribution is -2.03. The fourth-order valence-corrected chi connectivity index (χ4v) is 0.226. The number of nitrogens with two attached hydrogens (primary N) is 1. The van der Waals surface area contributed by atoms with Crippen LogP contribution in [0.4, 0.5) is 0 Å². The zero-order valence-electron chi connectivity index (χ0n) is 3.50. The average molecular weight is 100 g/mol. The highest BCUT2D eigenvalue weighted by Crippen LogP contribution is 1.92. The molecule has 0 unspecified atom stereocenters. The molecular weight excluding hydrogens is 96.0 g/mol. The van der Waals surface area contributed by atoms with Crippen molar-refractivity contribution in [2.75, 3.05) is 0 Å². The van der Waals surface area contributed by atoms with Crippen LogP contribution in [0.3, 0.4) is 0 Å². The number of hydrogen-bond acceptors (Lipinski definition) is 4. The third-order valence-electron chi connectivity index (χ3n) is 0.446. The molecule has 1 aliphatic rings. The summed E-state index contributed by atoms with van der Waals surface area (Å²) in [7, 11) is 0. The van der Waals surface area contributed by atoms with E-state index in [4.69, 9.17) is 5.73 Å². The predicted molar refractivity (Wildman–Crippen MR) is 22.9 cm³/mol. The zero-order chi connectivity index (χ0) is 5.11. The van der Waals surface area contributed by atoms with Crippen LogP contribution in [0.5, 0.6) is 0 Å². The summed E-state index contributed by atoms with van der Waals surface area (Å²) in [4.78, 5) is 4.36. The molecule has 7 heavy (non-hydrogen) atoms. The average Bonchev–Trinajstić information content (AvgIpc) is 1.69. The fourth-order valence-electron chi connectivity index (χ4n) is 0.226. The normalized spacial score (nSPS) is 16.9. The first-order valence-corrected chi connectivity index (χ1v) is 1.69. The Kier molecular flexibility index (Phi) is 0.856. The van der Waals surface area contributed by atoms with Crippen LogP contribution >= 0.6 is 0 Å². The molecule has 1 aliphatic heterocycles. The van der Waals surface area contributed by atoms with Crippen molar-refractivity contribution < 1.29 is 9.57 Å². The largest absolute Gasteiger partial charge is 0.444 e. The highest BCUT2D eigenvalue weighted by atomic mass is 16.7. The molecule has 38 valence electrons. The fraction of sp³-hybridized carbons (Fsp3) is 0. The van der Waals surface area contributed by atoms with Crippen LogP contribution < -0.4 is 5.73 Å². The molecule has 0 bridgehead atoms. The molecule has 0 fully saturated rings. The summed E-state index contributed by atoms with van der Waals surface area (Å²) in [6.07, 6.45) is 2.41. The van der Waals surface area contributed by atoms with E-state index in [9.17, 15) is 0 Å². The van der Waals surface area contributed by atoms with E-state index in [0.717, 1.165) is 6.40 Å². The number of hydrogen-bond donors (Lipinski definition) is 1. The maximum Gasteiger partial charge on any atom is 0.256 e. The minimum absolute atomic E-state index is 0.169. The second kappa shape index (κ2) is 1.51. The van der Waals surface area contributed by atoms with Crippen molar-refractivity contribution in [3.8, 4) is 0 Å². The maximum atomic E-state index is 5.03. The predicted octanol–water partition coefficient (Wildman–Crippen LogP) is -0.266. The Morgan fingerprint density at radius 1 is 1.71 bits per heavy atom. The summed E-state index contributed by atoms with van der Waals surface area (Å²) < 4.78 is 4.48. The third kappa shape index (κ3) is 0.819. The quantitative estimate of drug-likeness (QED) is 0.456. The Labute approximate surface area is 40.2 Å². The van der Waals surface area contributed by atoms with Crippen molar-refractivity contribution in [1.82, 2.24) is 0 Å². The summed E-state index contributed by atoms with van der Waals surface area (Å²) in [5, 5.41) is 3.22. The van der Waals surface area contributed by atoms with E-state index in [2.05, 4.69) is 14.7 Å². The van der Waals surface area contributed by atoms with Crippen LogP contribution in [0.15, 0.2) is 17.3 Å². The van der Waals surface area contributed by atoms with Gasteiger partial charge in [0.1, 0.15) is 0 Å². The van der Waals surface area contributed by atoms with E-state index in [-0.39, 0.29) is 5.88 Å². The minimum Gasteiger partial charge on any atom is -0.444 e. The van der Waals surface area contributed by atoms with Gasteiger partial charge in [-0.2, -0.15) is 0 Å². The molecule has 0 aromatic heterocycles. The van der Waals surface area contributed by atoms with Gasteiger partial charge in [0.15, 0.2) is 6.26 Å². The van der Waals surface area contributed by atoms with Crippen LogP contribution in [-0.2, 0) is 9.57 Å². The van der Waals surface area contributed by atoms with Gasteiger partial charge >= 0.3 is 0 Å². The lowest BCUT2D eigenvalue weighted by molar-refractivity contribution is 0.187. The Morgan fingerprint density at radius 2 is 2.57 bits per heavy atom. The van der Waals surface area contributed by atoms with Gasteiger partial charge in [-0.15, -0.1) is 0 Å². The summed E-state index contributed by atoms with van der Waals surface area (Å²) in [5.41, 5.74) is 5.03. The molecule has 0 atom stereocenters. The monoisotopic (exact) mass is 100 g/mol. The summed E-state index contributed by atoms with van der Waals surface area (Å²) in [6.45, 7) is 0. The van der Waals surface area contributed by atoms with Crippen molar-refractivity contribution in [3.63, 3.8) is 0 Å². The molecule has 2 N–H and O–H groups in total. The van der Waals surface area contributed by atoms with Crippen molar-refractivity contribution in [3.05, 3.63) is 12.1 Å². The van der Waals surface area contributed by atoms with Gasteiger partial charge < -0.3 is 15.3 Å². The molecule has 1 rings (SSSR count). The van der Waals surface area contributed by atoms with Gasteiger partial charge in [-0.05, 0) is 5.16 Å². The second-order valence-corrected chi connectivity index (χ2v) is 0.958. The molecule has 0 saturated heterocycles. The summed E-state index contributed by atoms with van der Waals surface area (Å²) in [5.74, 6) is 0.169. The molecule has 0 radical (unpaired) electrons. The van der Waals surface area contributed by atoms with Crippen molar-refractivity contribution in [2.45, 2.75) is 0 Å². The molecule has 0 aromatic carbocycles. The smallest absolute Gasteiger partial charge is 0.256 e. The standard InChI is InChI=1S/C3H4N2O2/c4-3-1-6-2-5-7-3/h1-2H,4H2. The molecule has 4 heteroatoms. The molecule has 0 aliphatic carbocycles. The number of oxime groups is 1. The van der Waals surface area contributed by atoms with E-state index in [1.54, 1.807) is 0 Å². The van der Waals surface area contributed by atoms with Crippen LogP contribution in [0.1, 0.15) is 0 Å². The molecule has 0 spiro atoms. The van der Waals surface area contributed by atoms with Gasteiger partial charge in [0, 0.05) is 0 Å². The van der Waals surface area contributed by atoms with Crippen LogP contribution in [0, 0.1) is 0 Å². The van der Waals surface area contributed by atoms with Gasteiger partial charge in [-0.25, -0.2) is 0 Å².